The van der Waals surface area contributed by atoms with Crippen molar-refractivity contribution in [1.29, 1.82) is 0 Å². The number of β-amino-alcohol motifs (C(OH)–C–C–N with tert-alkyl or cyclic N) is 1. The Morgan fingerprint density at radius 2 is 1.87 bits per heavy atom. The van der Waals surface area contributed by atoms with Gasteiger partial charge in [0, 0.05) is 12.1 Å². The minimum absolute atomic E-state index is 0.146. The molecule has 3 N–H and O–H groups in total. The summed E-state index contributed by atoms with van der Waals surface area (Å²) in [7, 11) is 0. The summed E-state index contributed by atoms with van der Waals surface area (Å²) < 4.78 is 0. The van der Waals surface area contributed by atoms with E-state index in [4.69, 9.17) is 0 Å². The Bertz CT molecular complexity index is 190. The maximum atomic E-state index is 9.67. The van der Waals surface area contributed by atoms with E-state index in [1.807, 2.05) is 0 Å². The molecule has 3 heteroatoms. The molecule has 0 heterocycles. The molecule has 0 radical (unpaired) electrons. The highest BCUT2D eigenvalue weighted by Crippen LogP contribution is 2.31. The number of hydrogen-bond donors (Lipinski definition) is 3. The molecule has 3 nitrogen and oxygen atoms in total. The van der Waals surface area contributed by atoms with Crippen LogP contribution in [0.4, 0.5) is 0 Å². The molecule has 0 saturated heterocycles. The zero-order chi connectivity index (χ0) is 11.5. The van der Waals surface area contributed by atoms with Crippen LogP contribution in [0.15, 0.2) is 0 Å². The van der Waals surface area contributed by atoms with Crippen molar-refractivity contribution < 1.29 is 10.2 Å². The first-order valence-corrected chi connectivity index (χ1v) is 5.95. The molecule has 1 fully saturated rings. The number of hydrogen-bond acceptors (Lipinski definition) is 3. The van der Waals surface area contributed by atoms with Gasteiger partial charge in [-0.2, -0.15) is 0 Å². The predicted molar refractivity (Wildman–Crippen MR) is 61.7 cm³/mol. The monoisotopic (exact) mass is 215 g/mol. The van der Waals surface area contributed by atoms with Gasteiger partial charge in [0.05, 0.1) is 12.2 Å². The Balaban J connectivity index is 2.47. The number of aliphatic hydroxyl groups is 2. The Labute approximate surface area is 92.9 Å². The zero-order valence-corrected chi connectivity index (χ0v) is 10.2. The molecule has 0 spiro atoms. The molecule has 0 amide bonds. The molecule has 0 aromatic rings. The van der Waals surface area contributed by atoms with Crippen LogP contribution < -0.4 is 5.32 Å². The lowest BCUT2D eigenvalue weighted by molar-refractivity contribution is 0.0438. The molecule has 0 aliphatic heterocycles. The van der Waals surface area contributed by atoms with Crippen LogP contribution >= 0.6 is 0 Å². The third-order valence-corrected chi connectivity index (χ3v) is 3.43. The topological polar surface area (TPSA) is 52.5 Å². The fourth-order valence-corrected chi connectivity index (χ4v) is 2.11. The Hall–Kier alpha value is -0.120. The first-order chi connectivity index (χ1) is 6.87. The van der Waals surface area contributed by atoms with E-state index in [2.05, 4.69) is 12.2 Å². The van der Waals surface area contributed by atoms with Crippen LogP contribution in [-0.2, 0) is 0 Å². The summed E-state index contributed by atoms with van der Waals surface area (Å²) in [5.41, 5.74) is -0.849. The Morgan fingerprint density at radius 1 is 1.33 bits per heavy atom. The van der Waals surface area contributed by atoms with Gasteiger partial charge in [-0.3, -0.25) is 0 Å². The normalized spacial score (nSPS) is 33.0. The van der Waals surface area contributed by atoms with Gasteiger partial charge in [0.1, 0.15) is 0 Å². The lowest BCUT2D eigenvalue weighted by Gasteiger charge is -2.40. The smallest absolute Gasteiger partial charge is 0.0715 e. The highest BCUT2D eigenvalue weighted by atomic mass is 16.3. The number of aliphatic hydroxyl groups excluding tert-OH is 1. The SMILES string of the molecule is CC1CCC(CO)(NCC(C)(C)O)CC1. The van der Waals surface area contributed by atoms with Gasteiger partial charge in [-0.05, 0) is 45.4 Å². The minimum Gasteiger partial charge on any atom is -0.394 e. The molecule has 0 unspecified atom stereocenters. The highest BCUT2D eigenvalue weighted by Gasteiger charge is 2.34. The van der Waals surface area contributed by atoms with Crippen molar-refractivity contribution in [2.24, 2.45) is 5.92 Å². The summed E-state index contributed by atoms with van der Waals surface area (Å²) in [5, 5.41) is 22.5. The highest BCUT2D eigenvalue weighted by molar-refractivity contribution is 4.93. The van der Waals surface area contributed by atoms with Gasteiger partial charge in [0.2, 0.25) is 0 Å². The predicted octanol–water partition coefficient (Wildman–Crippen LogP) is 1.29. The van der Waals surface area contributed by atoms with E-state index in [-0.39, 0.29) is 12.1 Å². The van der Waals surface area contributed by atoms with Crippen molar-refractivity contribution in [3.63, 3.8) is 0 Å². The van der Waals surface area contributed by atoms with Crippen LogP contribution in [0.2, 0.25) is 0 Å². The summed E-state index contributed by atoms with van der Waals surface area (Å²) in [6.45, 7) is 6.56. The minimum atomic E-state index is -0.703. The van der Waals surface area contributed by atoms with E-state index in [9.17, 15) is 10.2 Å². The van der Waals surface area contributed by atoms with Gasteiger partial charge in [0.15, 0.2) is 0 Å². The van der Waals surface area contributed by atoms with Crippen molar-refractivity contribution in [2.45, 2.75) is 57.6 Å². The van der Waals surface area contributed by atoms with Gasteiger partial charge < -0.3 is 15.5 Å². The van der Waals surface area contributed by atoms with Gasteiger partial charge in [-0.1, -0.05) is 6.92 Å². The molecule has 1 saturated carbocycles. The standard InChI is InChI=1S/C12H25NO2/c1-10-4-6-12(9-14,7-5-10)13-8-11(2,3)15/h10,13-15H,4-9H2,1-3H3. The van der Waals surface area contributed by atoms with Crippen LogP contribution in [0, 0.1) is 5.92 Å². The molecule has 0 atom stereocenters. The second-order valence-corrected chi connectivity index (χ2v) is 5.79. The largest absolute Gasteiger partial charge is 0.394 e. The lowest BCUT2D eigenvalue weighted by atomic mass is 9.77. The maximum absolute atomic E-state index is 9.67. The van der Waals surface area contributed by atoms with Crippen molar-refractivity contribution in [1.82, 2.24) is 5.32 Å². The average Bonchev–Trinajstić information content (AvgIpc) is 2.17. The maximum Gasteiger partial charge on any atom is 0.0715 e. The van der Waals surface area contributed by atoms with Crippen LogP contribution in [-0.4, -0.2) is 34.5 Å². The molecule has 15 heavy (non-hydrogen) atoms. The van der Waals surface area contributed by atoms with E-state index in [1.54, 1.807) is 13.8 Å². The number of rotatable bonds is 4. The average molecular weight is 215 g/mol. The third kappa shape index (κ3) is 4.09. The van der Waals surface area contributed by atoms with E-state index in [0.717, 1.165) is 18.8 Å². The van der Waals surface area contributed by atoms with Gasteiger partial charge in [-0.15, -0.1) is 0 Å². The van der Waals surface area contributed by atoms with Crippen molar-refractivity contribution in [2.75, 3.05) is 13.2 Å². The second-order valence-electron chi connectivity index (χ2n) is 5.79. The van der Waals surface area contributed by atoms with Gasteiger partial charge in [-0.25, -0.2) is 0 Å². The lowest BCUT2D eigenvalue weighted by Crippen LogP contribution is -2.54. The first-order valence-electron chi connectivity index (χ1n) is 5.95. The molecular formula is C12H25NO2. The van der Waals surface area contributed by atoms with Crippen LogP contribution in [0.5, 0.6) is 0 Å². The quantitative estimate of drug-likeness (QED) is 0.662. The molecule has 0 aromatic carbocycles. The molecule has 1 aliphatic rings. The molecular weight excluding hydrogens is 190 g/mol. The van der Waals surface area contributed by atoms with Gasteiger partial charge >= 0.3 is 0 Å². The molecule has 0 aromatic heterocycles. The van der Waals surface area contributed by atoms with E-state index in [1.165, 1.54) is 12.8 Å². The van der Waals surface area contributed by atoms with E-state index in [0.29, 0.717) is 6.54 Å². The zero-order valence-electron chi connectivity index (χ0n) is 10.2. The summed E-state index contributed by atoms with van der Waals surface area (Å²) in [4.78, 5) is 0. The van der Waals surface area contributed by atoms with Crippen LogP contribution in [0.3, 0.4) is 0 Å². The summed E-state index contributed by atoms with van der Waals surface area (Å²) >= 11 is 0. The Morgan fingerprint density at radius 3 is 2.27 bits per heavy atom. The molecule has 0 bridgehead atoms. The van der Waals surface area contributed by atoms with Crippen molar-refractivity contribution in [3.8, 4) is 0 Å². The summed E-state index contributed by atoms with van der Waals surface area (Å²) in [5.74, 6) is 0.772. The third-order valence-electron chi connectivity index (χ3n) is 3.43. The van der Waals surface area contributed by atoms with Crippen molar-refractivity contribution >= 4 is 0 Å². The fraction of sp³-hybridized carbons (Fsp3) is 1.00. The van der Waals surface area contributed by atoms with E-state index >= 15 is 0 Å². The van der Waals surface area contributed by atoms with Gasteiger partial charge in [0.25, 0.3) is 0 Å². The molecule has 1 rings (SSSR count). The first kappa shape index (κ1) is 12.9. The number of nitrogens with one attached hydrogen (secondary N) is 1. The summed E-state index contributed by atoms with van der Waals surface area (Å²) in [6, 6.07) is 0. The van der Waals surface area contributed by atoms with Crippen molar-refractivity contribution in [3.05, 3.63) is 0 Å². The fourth-order valence-electron chi connectivity index (χ4n) is 2.11. The molecule has 1 aliphatic carbocycles. The second kappa shape index (κ2) is 4.81. The Kier molecular flexibility index (Phi) is 4.15. The van der Waals surface area contributed by atoms with Crippen LogP contribution in [0.1, 0.15) is 46.5 Å². The van der Waals surface area contributed by atoms with E-state index < -0.39 is 5.60 Å². The summed E-state index contributed by atoms with van der Waals surface area (Å²) in [6.07, 6.45) is 4.36. The van der Waals surface area contributed by atoms with Crippen LogP contribution in [0.25, 0.3) is 0 Å². The molecule has 90 valence electrons.